The maximum atomic E-state index is 13.3. The normalized spacial score (nSPS) is 14.4. The minimum atomic E-state index is -0.330. The molecule has 1 aliphatic rings. The number of aromatic nitrogens is 5. The van der Waals surface area contributed by atoms with Crippen LogP contribution in [0.15, 0.2) is 42.7 Å². The quantitative estimate of drug-likeness (QED) is 0.650. The number of piperazine rings is 1. The highest BCUT2D eigenvalue weighted by Crippen LogP contribution is 2.25. The third kappa shape index (κ3) is 3.35. The molecule has 3 aromatic rings. The van der Waals surface area contributed by atoms with Crippen LogP contribution < -0.4 is 9.80 Å². The Hall–Kier alpha value is -3.36. The van der Waals surface area contributed by atoms with Crippen LogP contribution >= 0.6 is 0 Å². The van der Waals surface area contributed by atoms with Gasteiger partial charge in [0.15, 0.2) is 17.3 Å². The molecule has 0 aliphatic carbocycles. The first-order valence-electron chi connectivity index (χ1n) is 8.63. The van der Waals surface area contributed by atoms with Crippen molar-refractivity contribution in [3.05, 3.63) is 54.2 Å². The van der Waals surface area contributed by atoms with Gasteiger partial charge in [-0.15, -0.1) is 5.10 Å². The number of rotatable bonds is 4. The SMILES string of the molecule is CC(=O)c1nnn(-c2ccc(F)cc2)c1N1CCN(c2ncccn2)CC1. The van der Waals surface area contributed by atoms with Gasteiger partial charge in [0.25, 0.3) is 0 Å². The van der Waals surface area contributed by atoms with Crippen LogP contribution in [0.5, 0.6) is 0 Å². The summed E-state index contributed by atoms with van der Waals surface area (Å²) in [4.78, 5) is 24.8. The van der Waals surface area contributed by atoms with Gasteiger partial charge in [0.2, 0.25) is 5.95 Å². The number of halogens is 1. The topological polar surface area (TPSA) is 80.0 Å². The van der Waals surface area contributed by atoms with Gasteiger partial charge in [0.1, 0.15) is 5.82 Å². The molecule has 2 aromatic heterocycles. The Morgan fingerprint density at radius 2 is 1.63 bits per heavy atom. The maximum absolute atomic E-state index is 13.3. The highest BCUT2D eigenvalue weighted by molar-refractivity contribution is 5.97. The zero-order valence-corrected chi connectivity index (χ0v) is 14.8. The molecule has 138 valence electrons. The second-order valence-electron chi connectivity index (χ2n) is 6.23. The third-order valence-corrected chi connectivity index (χ3v) is 4.47. The predicted molar refractivity (Wildman–Crippen MR) is 97.8 cm³/mol. The van der Waals surface area contributed by atoms with Crippen molar-refractivity contribution in [2.45, 2.75) is 6.92 Å². The molecule has 0 unspecified atom stereocenters. The van der Waals surface area contributed by atoms with Gasteiger partial charge >= 0.3 is 0 Å². The highest BCUT2D eigenvalue weighted by atomic mass is 19.1. The Morgan fingerprint density at radius 3 is 2.26 bits per heavy atom. The van der Waals surface area contributed by atoms with E-state index in [0.717, 1.165) is 0 Å². The van der Waals surface area contributed by atoms with E-state index >= 15 is 0 Å². The zero-order valence-electron chi connectivity index (χ0n) is 14.8. The minimum absolute atomic E-state index is 0.160. The number of ketones is 1. The van der Waals surface area contributed by atoms with Crippen molar-refractivity contribution >= 4 is 17.5 Å². The Kier molecular flexibility index (Phi) is 4.49. The first-order chi connectivity index (χ1) is 13.1. The average molecular weight is 367 g/mol. The van der Waals surface area contributed by atoms with Crippen molar-refractivity contribution in [3.8, 4) is 5.69 Å². The summed E-state index contributed by atoms with van der Waals surface area (Å²) in [6.07, 6.45) is 3.44. The molecular weight excluding hydrogens is 349 g/mol. The summed E-state index contributed by atoms with van der Waals surface area (Å²) < 4.78 is 14.9. The van der Waals surface area contributed by atoms with E-state index in [1.165, 1.54) is 19.1 Å². The summed E-state index contributed by atoms with van der Waals surface area (Å²) in [5.41, 5.74) is 0.962. The molecule has 0 radical (unpaired) electrons. The molecule has 27 heavy (non-hydrogen) atoms. The molecular formula is C18H18FN7O. The van der Waals surface area contributed by atoms with Crippen LogP contribution in [0.25, 0.3) is 5.69 Å². The summed E-state index contributed by atoms with van der Waals surface area (Å²) in [6.45, 7) is 4.20. The lowest BCUT2D eigenvalue weighted by Crippen LogP contribution is -2.48. The molecule has 0 amide bonds. The molecule has 4 rings (SSSR count). The Balaban J connectivity index is 1.62. The Labute approximate surface area is 155 Å². The van der Waals surface area contributed by atoms with Gasteiger partial charge < -0.3 is 9.80 Å². The van der Waals surface area contributed by atoms with Crippen LogP contribution in [0.3, 0.4) is 0 Å². The molecule has 0 spiro atoms. The summed E-state index contributed by atoms with van der Waals surface area (Å²) in [5.74, 6) is 0.827. The van der Waals surface area contributed by atoms with Crippen LogP contribution in [0.2, 0.25) is 0 Å². The lowest BCUT2D eigenvalue weighted by molar-refractivity contribution is 0.101. The number of carbonyl (C=O) groups excluding carboxylic acids is 1. The fourth-order valence-electron chi connectivity index (χ4n) is 3.12. The summed E-state index contributed by atoms with van der Waals surface area (Å²) in [5, 5.41) is 8.19. The predicted octanol–water partition coefficient (Wildman–Crippen LogP) is 1.73. The number of benzene rings is 1. The summed E-state index contributed by atoms with van der Waals surface area (Å²) >= 11 is 0. The van der Waals surface area contributed by atoms with Crippen molar-refractivity contribution in [1.29, 1.82) is 0 Å². The van der Waals surface area contributed by atoms with Crippen LogP contribution in [0.1, 0.15) is 17.4 Å². The number of nitrogens with zero attached hydrogens (tertiary/aromatic N) is 7. The van der Waals surface area contributed by atoms with E-state index in [9.17, 15) is 9.18 Å². The van der Waals surface area contributed by atoms with E-state index in [2.05, 4.69) is 30.1 Å². The molecule has 8 nitrogen and oxygen atoms in total. The van der Waals surface area contributed by atoms with Gasteiger partial charge in [-0.1, -0.05) is 5.21 Å². The highest BCUT2D eigenvalue weighted by Gasteiger charge is 2.27. The lowest BCUT2D eigenvalue weighted by atomic mass is 10.2. The third-order valence-electron chi connectivity index (χ3n) is 4.47. The van der Waals surface area contributed by atoms with Crippen molar-refractivity contribution in [2.75, 3.05) is 36.0 Å². The number of hydrogen-bond acceptors (Lipinski definition) is 7. The second kappa shape index (κ2) is 7.10. The number of carbonyl (C=O) groups is 1. The lowest BCUT2D eigenvalue weighted by Gasteiger charge is -2.35. The van der Waals surface area contributed by atoms with Gasteiger partial charge in [0.05, 0.1) is 5.69 Å². The molecule has 0 N–H and O–H groups in total. The molecule has 0 bridgehead atoms. The standard InChI is InChI=1S/C18H18FN7O/c1-13(27)16-17(26(23-22-16)15-5-3-14(19)4-6-15)24-9-11-25(12-10-24)18-20-7-2-8-21-18/h2-8H,9-12H2,1H3. The van der Waals surface area contributed by atoms with Crippen LogP contribution in [0.4, 0.5) is 16.2 Å². The van der Waals surface area contributed by atoms with E-state index in [-0.39, 0.29) is 11.6 Å². The van der Waals surface area contributed by atoms with Gasteiger partial charge in [-0.2, -0.15) is 4.68 Å². The van der Waals surface area contributed by atoms with E-state index in [0.29, 0.717) is 49.3 Å². The maximum Gasteiger partial charge on any atom is 0.225 e. The van der Waals surface area contributed by atoms with Gasteiger partial charge in [-0.3, -0.25) is 4.79 Å². The molecule has 1 aromatic carbocycles. The first-order valence-corrected chi connectivity index (χ1v) is 8.63. The van der Waals surface area contributed by atoms with Crippen molar-refractivity contribution in [3.63, 3.8) is 0 Å². The summed E-state index contributed by atoms with van der Waals surface area (Å²) in [7, 11) is 0. The van der Waals surface area contributed by atoms with Gasteiger partial charge in [-0.25, -0.2) is 14.4 Å². The molecule has 9 heteroatoms. The fourth-order valence-corrected chi connectivity index (χ4v) is 3.12. The minimum Gasteiger partial charge on any atom is -0.351 e. The van der Waals surface area contributed by atoms with Crippen LogP contribution in [-0.2, 0) is 0 Å². The van der Waals surface area contributed by atoms with E-state index in [1.807, 2.05) is 0 Å². The monoisotopic (exact) mass is 367 g/mol. The summed E-state index contributed by atoms with van der Waals surface area (Å²) in [6, 6.07) is 7.74. The largest absolute Gasteiger partial charge is 0.351 e. The van der Waals surface area contributed by atoms with Gasteiger partial charge in [0, 0.05) is 45.5 Å². The number of Topliss-reactive ketones (excluding diaryl/α,β-unsaturated/α-hetero) is 1. The van der Waals surface area contributed by atoms with Crippen molar-refractivity contribution in [2.24, 2.45) is 0 Å². The smallest absolute Gasteiger partial charge is 0.225 e. The zero-order chi connectivity index (χ0) is 18.8. The Morgan fingerprint density at radius 1 is 1.00 bits per heavy atom. The average Bonchev–Trinajstić information content (AvgIpc) is 3.15. The van der Waals surface area contributed by atoms with E-state index < -0.39 is 0 Å². The van der Waals surface area contributed by atoms with Crippen LogP contribution in [0, 0.1) is 5.82 Å². The molecule has 3 heterocycles. The number of anilines is 2. The molecule has 0 atom stereocenters. The first kappa shape index (κ1) is 17.1. The second-order valence-corrected chi connectivity index (χ2v) is 6.23. The number of hydrogen-bond donors (Lipinski definition) is 0. The van der Waals surface area contributed by atoms with E-state index in [4.69, 9.17) is 0 Å². The van der Waals surface area contributed by atoms with Gasteiger partial charge in [-0.05, 0) is 30.3 Å². The molecule has 0 saturated carbocycles. The molecule has 1 fully saturated rings. The Bertz CT molecular complexity index is 934. The van der Waals surface area contributed by atoms with Crippen molar-refractivity contribution in [1.82, 2.24) is 25.0 Å². The molecule has 1 saturated heterocycles. The van der Waals surface area contributed by atoms with E-state index in [1.54, 1.807) is 35.3 Å². The fraction of sp³-hybridized carbons (Fsp3) is 0.278. The van der Waals surface area contributed by atoms with Crippen molar-refractivity contribution < 1.29 is 9.18 Å². The molecule has 1 aliphatic heterocycles. The van der Waals surface area contributed by atoms with Crippen LogP contribution in [-0.4, -0.2) is 56.9 Å².